The smallest absolute Gasteiger partial charge is 0.323 e. The van der Waals surface area contributed by atoms with E-state index in [1.165, 1.54) is 0 Å². The molecule has 2 amide bonds. The van der Waals surface area contributed by atoms with Gasteiger partial charge in [-0.15, -0.1) is 0 Å². The van der Waals surface area contributed by atoms with Gasteiger partial charge in [-0.25, -0.2) is 19.7 Å². The molecule has 3 N–H and O–H groups in total. The van der Waals surface area contributed by atoms with Crippen molar-refractivity contribution in [1.29, 1.82) is 0 Å². The lowest BCUT2D eigenvalue weighted by Crippen LogP contribution is -2.20. The SMILES string of the molecule is CNc1nccc(-c2cccnc2Oc2ccc(NC(=O)Nc3ccc4c(c3)OCCO4)cc2)n1. The quantitative estimate of drug-likeness (QED) is 0.368. The lowest BCUT2D eigenvalue weighted by Gasteiger charge is -2.19. The maximum Gasteiger partial charge on any atom is 0.323 e. The average Bonchev–Trinajstić information content (AvgIpc) is 2.90. The van der Waals surface area contributed by atoms with E-state index >= 15 is 0 Å². The Morgan fingerprint density at radius 1 is 0.886 bits per heavy atom. The van der Waals surface area contributed by atoms with Crippen molar-refractivity contribution in [3.05, 3.63) is 73.1 Å². The molecule has 0 spiro atoms. The first kappa shape index (κ1) is 22.0. The summed E-state index contributed by atoms with van der Waals surface area (Å²) in [6.45, 7) is 0.993. The van der Waals surface area contributed by atoms with Gasteiger partial charge in [0.2, 0.25) is 11.8 Å². The van der Waals surface area contributed by atoms with Gasteiger partial charge in [0.15, 0.2) is 11.5 Å². The number of anilines is 3. The zero-order valence-corrected chi connectivity index (χ0v) is 18.8. The zero-order chi connectivity index (χ0) is 24.0. The van der Waals surface area contributed by atoms with Gasteiger partial charge in [-0.05, 0) is 54.6 Å². The van der Waals surface area contributed by atoms with E-state index in [2.05, 4.69) is 30.9 Å². The lowest BCUT2D eigenvalue weighted by molar-refractivity contribution is 0.171. The van der Waals surface area contributed by atoms with Gasteiger partial charge in [-0.3, -0.25) is 0 Å². The summed E-state index contributed by atoms with van der Waals surface area (Å²) in [7, 11) is 1.76. The van der Waals surface area contributed by atoms with E-state index in [-0.39, 0.29) is 6.03 Å². The maximum absolute atomic E-state index is 12.4. The number of nitrogens with zero attached hydrogens (tertiary/aromatic N) is 3. The Hall–Kier alpha value is -4.86. The minimum Gasteiger partial charge on any atom is -0.486 e. The molecule has 1 aliphatic rings. The number of rotatable bonds is 6. The molecule has 0 unspecified atom stereocenters. The summed E-state index contributed by atoms with van der Waals surface area (Å²) in [6.07, 6.45) is 3.32. The fraction of sp³-hybridized carbons (Fsp3) is 0.120. The van der Waals surface area contributed by atoms with Crippen molar-refractivity contribution in [3.8, 4) is 34.4 Å². The van der Waals surface area contributed by atoms with Gasteiger partial charge in [0.1, 0.15) is 19.0 Å². The van der Waals surface area contributed by atoms with E-state index in [0.717, 1.165) is 5.56 Å². The molecule has 35 heavy (non-hydrogen) atoms. The number of carbonyl (C=O) groups excluding carboxylic acids is 1. The van der Waals surface area contributed by atoms with Crippen LogP contribution < -0.4 is 30.2 Å². The molecule has 5 rings (SSSR count). The highest BCUT2D eigenvalue weighted by molar-refractivity contribution is 6.00. The molecule has 0 saturated carbocycles. The number of carbonyl (C=O) groups is 1. The summed E-state index contributed by atoms with van der Waals surface area (Å²) in [6, 6.07) is 17.3. The average molecular weight is 470 g/mol. The van der Waals surface area contributed by atoms with Crippen molar-refractivity contribution >= 4 is 23.4 Å². The summed E-state index contributed by atoms with van der Waals surface area (Å²) in [5, 5.41) is 8.50. The number of ether oxygens (including phenoxy) is 3. The summed E-state index contributed by atoms with van der Waals surface area (Å²) < 4.78 is 17.0. The van der Waals surface area contributed by atoms with E-state index < -0.39 is 0 Å². The molecule has 3 heterocycles. The van der Waals surface area contributed by atoms with E-state index in [1.54, 1.807) is 68.0 Å². The topological polar surface area (TPSA) is 120 Å². The molecule has 0 bridgehead atoms. The van der Waals surface area contributed by atoms with Crippen LogP contribution in [0.25, 0.3) is 11.3 Å². The van der Waals surface area contributed by atoms with Crippen molar-refractivity contribution in [2.24, 2.45) is 0 Å². The van der Waals surface area contributed by atoms with Crippen LogP contribution in [-0.2, 0) is 0 Å². The molecular formula is C25H22N6O4. The van der Waals surface area contributed by atoms with Gasteiger partial charge in [-0.2, -0.15) is 0 Å². The first-order valence-electron chi connectivity index (χ1n) is 10.9. The number of fused-ring (bicyclic) bond motifs is 1. The first-order chi connectivity index (χ1) is 17.2. The van der Waals surface area contributed by atoms with Crippen LogP contribution in [0.15, 0.2) is 73.1 Å². The van der Waals surface area contributed by atoms with Crippen LogP contribution in [0.4, 0.5) is 22.1 Å². The minimum atomic E-state index is -0.383. The molecular weight excluding hydrogens is 448 g/mol. The van der Waals surface area contributed by atoms with Crippen molar-refractivity contribution in [2.45, 2.75) is 0 Å². The number of nitrogens with one attached hydrogen (secondary N) is 3. The van der Waals surface area contributed by atoms with Gasteiger partial charge in [-0.1, -0.05) is 0 Å². The predicted octanol–water partition coefficient (Wildman–Crippen LogP) is 4.79. The third-order valence-corrected chi connectivity index (χ3v) is 5.05. The normalized spacial score (nSPS) is 11.9. The summed E-state index contributed by atoms with van der Waals surface area (Å²) in [5.74, 6) is 2.74. The molecule has 10 heteroatoms. The molecule has 2 aromatic heterocycles. The molecule has 0 saturated heterocycles. The van der Waals surface area contributed by atoms with Gasteiger partial charge >= 0.3 is 6.03 Å². The minimum absolute atomic E-state index is 0.383. The zero-order valence-electron chi connectivity index (χ0n) is 18.8. The maximum atomic E-state index is 12.4. The monoisotopic (exact) mass is 470 g/mol. The third-order valence-electron chi connectivity index (χ3n) is 5.05. The Kier molecular flexibility index (Phi) is 6.25. The lowest BCUT2D eigenvalue weighted by atomic mass is 10.2. The van der Waals surface area contributed by atoms with Crippen LogP contribution in [0.5, 0.6) is 23.1 Å². The van der Waals surface area contributed by atoms with Crippen LogP contribution in [-0.4, -0.2) is 41.2 Å². The molecule has 0 atom stereocenters. The number of hydrogen-bond donors (Lipinski definition) is 3. The van der Waals surface area contributed by atoms with E-state index in [0.29, 0.717) is 59.4 Å². The number of amides is 2. The molecule has 176 valence electrons. The Bertz CT molecular complexity index is 1350. The summed E-state index contributed by atoms with van der Waals surface area (Å²) in [4.78, 5) is 25.4. The van der Waals surface area contributed by atoms with E-state index in [1.807, 2.05) is 12.1 Å². The summed E-state index contributed by atoms with van der Waals surface area (Å²) >= 11 is 0. The number of benzene rings is 2. The predicted molar refractivity (Wildman–Crippen MR) is 131 cm³/mol. The Morgan fingerprint density at radius 2 is 1.66 bits per heavy atom. The van der Waals surface area contributed by atoms with Crippen molar-refractivity contribution in [1.82, 2.24) is 15.0 Å². The fourth-order valence-electron chi connectivity index (χ4n) is 3.43. The van der Waals surface area contributed by atoms with Crippen molar-refractivity contribution in [2.75, 3.05) is 36.2 Å². The van der Waals surface area contributed by atoms with Crippen LogP contribution in [0.2, 0.25) is 0 Å². The van der Waals surface area contributed by atoms with Crippen LogP contribution in [0.3, 0.4) is 0 Å². The van der Waals surface area contributed by atoms with Crippen LogP contribution in [0.1, 0.15) is 0 Å². The molecule has 4 aromatic rings. The third kappa shape index (κ3) is 5.22. The molecule has 2 aromatic carbocycles. The summed E-state index contributed by atoms with van der Waals surface area (Å²) in [5.41, 5.74) is 2.61. The van der Waals surface area contributed by atoms with Gasteiger partial charge in [0, 0.05) is 36.9 Å². The highest BCUT2D eigenvalue weighted by atomic mass is 16.6. The second kappa shape index (κ2) is 9.96. The van der Waals surface area contributed by atoms with E-state index in [4.69, 9.17) is 14.2 Å². The molecule has 0 radical (unpaired) electrons. The standard InChI is InChI=1S/C25H22N6O4/c1-26-24-28-12-10-20(31-24)19-3-2-11-27-23(19)35-18-7-4-16(5-8-18)29-25(32)30-17-6-9-21-22(15-17)34-14-13-33-21/h2-12,15H,13-14H2,1H3,(H,26,28,31)(H2,29,30,32). The highest BCUT2D eigenvalue weighted by Crippen LogP contribution is 2.33. The Morgan fingerprint density at radius 3 is 2.49 bits per heavy atom. The van der Waals surface area contributed by atoms with Gasteiger partial charge in [0.05, 0.1) is 11.3 Å². The molecule has 0 fully saturated rings. The molecule has 1 aliphatic heterocycles. The van der Waals surface area contributed by atoms with Crippen molar-refractivity contribution < 1.29 is 19.0 Å². The van der Waals surface area contributed by atoms with Crippen LogP contribution in [0, 0.1) is 0 Å². The molecule has 10 nitrogen and oxygen atoms in total. The Balaban J connectivity index is 1.24. The van der Waals surface area contributed by atoms with Crippen molar-refractivity contribution in [3.63, 3.8) is 0 Å². The van der Waals surface area contributed by atoms with E-state index in [9.17, 15) is 4.79 Å². The molecule has 0 aliphatic carbocycles. The van der Waals surface area contributed by atoms with Gasteiger partial charge in [0.25, 0.3) is 0 Å². The second-order valence-electron chi connectivity index (χ2n) is 7.44. The van der Waals surface area contributed by atoms with Crippen LogP contribution >= 0.6 is 0 Å². The highest BCUT2D eigenvalue weighted by Gasteiger charge is 2.14. The number of urea groups is 1. The van der Waals surface area contributed by atoms with Gasteiger partial charge < -0.3 is 30.2 Å². The number of hydrogen-bond acceptors (Lipinski definition) is 8. The number of pyridine rings is 1. The fourth-order valence-corrected chi connectivity index (χ4v) is 3.43. The Labute approximate surface area is 201 Å². The largest absolute Gasteiger partial charge is 0.486 e. The second-order valence-corrected chi connectivity index (χ2v) is 7.44. The number of aromatic nitrogens is 3. The first-order valence-corrected chi connectivity index (χ1v) is 10.9.